The molecule has 1 heterocycles. The quantitative estimate of drug-likeness (QED) is 0.806. The van der Waals surface area contributed by atoms with E-state index in [1.54, 1.807) is 23.1 Å². The Morgan fingerprint density at radius 1 is 1.42 bits per heavy atom. The van der Waals surface area contributed by atoms with Crippen molar-refractivity contribution in [2.45, 2.75) is 25.9 Å². The second kappa shape index (κ2) is 5.93. The molecule has 1 fully saturated rings. The number of ether oxygens (including phenoxy) is 1. The molecule has 5 heteroatoms. The molecule has 0 saturated carbocycles. The summed E-state index contributed by atoms with van der Waals surface area (Å²) < 4.78 is 5.39. The fourth-order valence-corrected chi connectivity index (χ4v) is 2.25. The van der Waals surface area contributed by atoms with Crippen molar-refractivity contribution in [2.24, 2.45) is 0 Å². The number of likely N-dealkylation sites (tertiary alicyclic amines) is 1. The molecule has 0 radical (unpaired) electrons. The SMILES string of the molecule is CCOc1cc(N)cc(C(=O)N2CCC(O)CC2)c1. The summed E-state index contributed by atoms with van der Waals surface area (Å²) in [5, 5.41) is 9.46. The minimum Gasteiger partial charge on any atom is -0.494 e. The largest absolute Gasteiger partial charge is 0.494 e. The Morgan fingerprint density at radius 2 is 2.11 bits per heavy atom. The van der Waals surface area contributed by atoms with Crippen molar-refractivity contribution in [1.29, 1.82) is 0 Å². The number of anilines is 1. The molecule has 1 aromatic carbocycles. The minimum absolute atomic E-state index is 0.0554. The van der Waals surface area contributed by atoms with Crippen LogP contribution in [0.15, 0.2) is 18.2 Å². The number of aliphatic hydroxyl groups is 1. The van der Waals surface area contributed by atoms with Crippen LogP contribution in [0.2, 0.25) is 0 Å². The third-order valence-electron chi connectivity index (χ3n) is 3.24. The monoisotopic (exact) mass is 264 g/mol. The van der Waals surface area contributed by atoms with Crippen LogP contribution in [0.25, 0.3) is 0 Å². The van der Waals surface area contributed by atoms with E-state index in [2.05, 4.69) is 0 Å². The maximum atomic E-state index is 12.3. The molecule has 0 spiro atoms. The summed E-state index contributed by atoms with van der Waals surface area (Å²) in [5.41, 5.74) is 6.85. The van der Waals surface area contributed by atoms with E-state index in [1.807, 2.05) is 6.92 Å². The number of piperidine rings is 1. The number of nitrogens with zero attached hydrogens (tertiary/aromatic N) is 1. The summed E-state index contributed by atoms with van der Waals surface area (Å²) in [7, 11) is 0. The zero-order valence-corrected chi connectivity index (χ0v) is 11.1. The zero-order valence-electron chi connectivity index (χ0n) is 11.1. The van der Waals surface area contributed by atoms with Crippen LogP contribution in [0.3, 0.4) is 0 Å². The molecule has 1 aliphatic heterocycles. The van der Waals surface area contributed by atoms with E-state index in [4.69, 9.17) is 10.5 Å². The molecule has 1 aliphatic rings. The van der Waals surface area contributed by atoms with Gasteiger partial charge in [0.2, 0.25) is 0 Å². The number of rotatable bonds is 3. The Hall–Kier alpha value is -1.75. The predicted molar refractivity (Wildman–Crippen MR) is 73.2 cm³/mol. The highest BCUT2D eigenvalue weighted by atomic mass is 16.5. The number of hydrogen-bond donors (Lipinski definition) is 2. The van der Waals surface area contributed by atoms with Gasteiger partial charge in [0.25, 0.3) is 5.91 Å². The lowest BCUT2D eigenvalue weighted by Gasteiger charge is -2.29. The summed E-state index contributed by atoms with van der Waals surface area (Å²) >= 11 is 0. The smallest absolute Gasteiger partial charge is 0.254 e. The van der Waals surface area contributed by atoms with Crippen LogP contribution in [-0.2, 0) is 0 Å². The van der Waals surface area contributed by atoms with Crippen LogP contribution < -0.4 is 10.5 Å². The second-order valence-corrected chi connectivity index (χ2v) is 4.75. The topological polar surface area (TPSA) is 75.8 Å². The van der Waals surface area contributed by atoms with Crippen molar-refractivity contribution in [3.05, 3.63) is 23.8 Å². The van der Waals surface area contributed by atoms with Crippen molar-refractivity contribution < 1.29 is 14.6 Å². The second-order valence-electron chi connectivity index (χ2n) is 4.75. The number of benzene rings is 1. The van der Waals surface area contributed by atoms with Gasteiger partial charge in [-0.3, -0.25) is 4.79 Å². The molecule has 1 saturated heterocycles. The molecule has 5 nitrogen and oxygen atoms in total. The van der Waals surface area contributed by atoms with Gasteiger partial charge in [-0.05, 0) is 31.9 Å². The fraction of sp³-hybridized carbons (Fsp3) is 0.500. The van der Waals surface area contributed by atoms with Crippen LogP contribution in [0.1, 0.15) is 30.1 Å². The van der Waals surface area contributed by atoms with Crippen LogP contribution in [0.5, 0.6) is 5.75 Å². The van der Waals surface area contributed by atoms with Crippen molar-refractivity contribution in [3.63, 3.8) is 0 Å². The molecule has 3 N–H and O–H groups in total. The van der Waals surface area contributed by atoms with E-state index in [0.29, 0.717) is 49.5 Å². The third-order valence-corrected chi connectivity index (χ3v) is 3.24. The number of nitrogens with two attached hydrogens (primary N) is 1. The van der Waals surface area contributed by atoms with Crippen molar-refractivity contribution in [3.8, 4) is 5.75 Å². The number of carbonyl (C=O) groups excluding carboxylic acids is 1. The normalized spacial score (nSPS) is 16.4. The van der Waals surface area contributed by atoms with Gasteiger partial charge in [0.1, 0.15) is 5.75 Å². The number of aliphatic hydroxyl groups excluding tert-OH is 1. The average molecular weight is 264 g/mol. The molecule has 1 amide bonds. The molecule has 0 atom stereocenters. The van der Waals surface area contributed by atoms with E-state index < -0.39 is 0 Å². The van der Waals surface area contributed by atoms with Crippen LogP contribution in [-0.4, -0.2) is 41.7 Å². The summed E-state index contributed by atoms with van der Waals surface area (Å²) in [6.07, 6.45) is 0.975. The Kier molecular flexibility index (Phi) is 4.27. The average Bonchev–Trinajstić information content (AvgIpc) is 2.38. The Labute approximate surface area is 113 Å². The lowest BCUT2D eigenvalue weighted by atomic mass is 10.1. The van der Waals surface area contributed by atoms with Crippen molar-refractivity contribution in [1.82, 2.24) is 4.90 Å². The molecule has 104 valence electrons. The fourth-order valence-electron chi connectivity index (χ4n) is 2.25. The number of amides is 1. The van der Waals surface area contributed by atoms with Crippen molar-refractivity contribution in [2.75, 3.05) is 25.4 Å². The highest BCUT2D eigenvalue weighted by molar-refractivity contribution is 5.95. The van der Waals surface area contributed by atoms with Gasteiger partial charge in [-0.2, -0.15) is 0 Å². The molecule has 19 heavy (non-hydrogen) atoms. The highest BCUT2D eigenvalue weighted by Gasteiger charge is 2.22. The maximum absolute atomic E-state index is 12.3. The van der Waals surface area contributed by atoms with Gasteiger partial charge in [0.05, 0.1) is 12.7 Å². The van der Waals surface area contributed by atoms with Gasteiger partial charge in [-0.25, -0.2) is 0 Å². The van der Waals surface area contributed by atoms with Gasteiger partial charge in [0.15, 0.2) is 0 Å². The first-order chi connectivity index (χ1) is 9.10. The van der Waals surface area contributed by atoms with Gasteiger partial charge in [-0.1, -0.05) is 0 Å². The molecule has 0 unspecified atom stereocenters. The lowest BCUT2D eigenvalue weighted by molar-refractivity contribution is 0.0546. The zero-order chi connectivity index (χ0) is 13.8. The molecule has 0 aromatic heterocycles. The van der Waals surface area contributed by atoms with Crippen LogP contribution in [0, 0.1) is 0 Å². The number of carbonyl (C=O) groups is 1. The first-order valence-corrected chi connectivity index (χ1v) is 6.61. The van der Waals surface area contributed by atoms with Gasteiger partial charge in [0, 0.05) is 30.4 Å². The Balaban J connectivity index is 2.14. The first-order valence-electron chi connectivity index (χ1n) is 6.61. The Bertz CT molecular complexity index is 454. The summed E-state index contributed by atoms with van der Waals surface area (Å²) in [6.45, 7) is 3.58. The summed E-state index contributed by atoms with van der Waals surface area (Å²) in [5.74, 6) is 0.558. The maximum Gasteiger partial charge on any atom is 0.254 e. The first kappa shape index (κ1) is 13.7. The summed E-state index contributed by atoms with van der Waals surface area (Å²) in [4.78, 5) is 14.1. The van der Waals surface area contributed by atoms with E-state index >= 15 is 0 Å². The molecule has 0 aliphatic carbocycles. The predicted octanol–water partition coefficient (Wildman–Crippen LogP) is 1.26. The van der Waals surface area contributed by atoms with E-state index in [0.717, 1.165) is 0 Å². The van der Waals surface area contributed by atoms with Crippen molar-refractivity contribution >= 4 is 11.6 Å². The standard InChI is InChI=1S/C14H20N2O3/c1-2-19-13-8-10(7-11(15)9-13)14(18)16-5-3-12(17)4-6-16/h7-9,12,17H,2-6,15H2,1H3. The number of nitrogen functional groups attached to an aromatic ring is 1. The van der Waals surface area contributed by atoms with Crippen LogP contribution in [0.4, 0.5) is 5.69 Å². The van der Waals surface area contributed by atoms with E-state index in [-0.39, 0.29) is 12.0 Å². The molecule has 2 rings (SSSR count). The highest BCUT2D eigenvalue weighted by Crippen LogP contribution is 2.21. The Morgan fingerprint density at radius 3 is 2.74 bits per heavy atom. The molecular weight excluding hydrogens is 244 g/mol. The van der Waals surface area contributed by atoms with Gasteiger partial charge in [-0.15, -0.1) is 0 Å². The number of hydrogen-bond acceptors (Lipinski definition) is 4. The van der Waals surface area contributed by atoms with Gasteiger partial charge < -0.3 is 20.5 Å². The summed E-state index contributed by atoms with van der Waals surface area (Å²) in [6, 6.07) is 5.09. The van der Waals surface area contributed by atoms with Gasteiger partial charge >= 0.3 is 0 Å². The lowest BCUT2D eigenvalue weighted by Crippen LogP contribution is -2.40. The third kappa shape index (κ3) is 3.38. The van der Waals surface area contributed by atoms with E-state index in [1.165, 1.54) is 0 Å². The molecular formula is C14H20N2O3. The molecule has 1 aromatic rings. The molecule has 0 bridgehead atoms. The van der Waals surface area contributed by atoms with E-state index in [9.17, 15) is 9.90 Å². The minimum atomic E-state index is -0.288. The van der Waals surface area contributed by atoms with Crippen LogP contribution >= 0.6 is 0 Å².